The van der Waals surface area contributed by atoms with Gasteiger partial charge in [-0.15, -0.1) is 0 Å². The number of amides is 2. The Morgan fingerprint density at radius 2 is 1.64 bits per heavy atom. The van der Waals surface area contributed by atoms with E-state index in [1.165, 1.54) is 37.3 Å². The molecule has 0 aliphatic carbocycles. The van der Waals surface area contributed by atoms with Crippen LogP contribution in [0.5, 0.6) is 0 Å². The molecule has 0 fully saturated rings. The number of anilines is 2. The van der Waals surface area contributed by atoms with E-state index >= 15 is 0 Å². The van der Waals surface area contributed by atoms with Crippen LogP contribution in [0.15, 0.2) is 64.6 Å². The van der Waals surface area contributed by atoms with Crippen molar-refractivity contribution >= 4 is 55.8 Å². The van der Waals surface area contributed by atoms with Gasteiger partial charge in [0.1, 0.15) is 5.71 Å². The van der Waals surface area contributed by atoms with Gasteiger partial charge in [-0.1, -0.05) is 47.2 Å². The molecule has 1 heterocycles. The lowest BCUT2D eigenvalue weighted by molar-refractivity contribution is -0.118. The molecule has 3 rings (SSSR count). The number of hydrazine groups is 1. The van der Waals surface area contributed by atoms with Gasteiger partial charge < -0.3 is 5.32 Å². The van der Waals surface area contributed by atoms with Gasteiger partial charge in [0.2, 0.25) is 16.9 Å². The van der Waals surface area contributed by atoms with Gasteiger partial charge in [-0.3, -0.25) is 20.4 Å². The minimum Gasteiger partial charge on any atom is -0.326 e. The minimum atomic E-state index is -3.91. The molecule has 1 aromatic heterocycles. The van der Waals surface area contributed by atoms with E-state index in [0.29, 0.717) is 27.1 Å². The summed E-state index contributed by atoms with van der Waals surface area (Å²) in [6.45, 7) is 6.42. The fraction of sp³-hybridized carbons (Fsp3) is 0.167. The summed E-state index contributed by atoms with van der Waals surface area (Å²) in [5, 5.41) is 7.31. The number of aromatic nitrogens is 1. The Morgan fingerprint density at radius 3 is 2.25 bits per heavy atom. The van der Waals surface area contributed by atoms with Crippen LogP contribution in [0.2, 0.25) is 0 Å². The lowest BCUT2D eigenvalue weighted by atomic mass is 10.1. The number of carbonyl (C=O) groups excluding carboxylic acids is 2. The number of nitrogens with one attached hydrogen (secondary N) is 4. The second-order valence-electron chi connectivity index (χ2n) is 7.78. The van der Waals surface area contributed by atoms with E-state index in [2.05, 4.69) is 31.1 Å². The molecule has 0 saturated carbocycles. The first-order valence-electron chi connectivity index (χ1n) is 10.8. The average molecular weight is 527 g/mol. The SMILES string of the molecule is CC(=O)NNc1nc(C)c(C(/C=C/c2ccc(NC(C)=O)cc2)=N/NS(=O)(=O)c2ccc(C)cc2)s1. The molecule has 0 spiro atoms. The maximum atomic E-state index is 12.8. The van der Waals surface area contributed by atoms with Gasteiger partial charge in [-0.05, 0) is 49.8 Å². The number of aryl methyl sites for hydroxylation is 2. The number of carbonyl (C=O) groups is 2. The van der Waals surface area contributed by atoms with E-state index in [9.17, 15) is 18.0 Å². The number of sulfonamides is 1. The Morgan fingerprint density at radius 1 is 0.972 bits per heavy atom. The van der Waals surface area contributed by atoms with Gasteiger partial charge in [0, 0.05) is 19.5 Å². The second-order valence-corrected chi connectivity index (χ2v) is 10.4. The molecule has 0 aliphatic heterocycles. The number of hydrogen-bond donors (Lipinski definition) is 4. The molecule has 2 aromatic carbocycles. The Bertz CT molecular complexity index is 1410. The van der Waals surface area contributed by atoms with Crippen LogP contribution in [0.3, 0.4) is 0 Å². The molecular weight excluding hydrogens is 500 g/mol. The van der Waals surface area contributed by atoms with Gasteiger partial charge in [0.05, 0.1) is 15.5 Å². The predicted octanol–water partition coefficient (Wildman–Crippen LogP) is 3.58. The topological polar surface area (TPSA) is 142 Å². The van der Waals surface area contributed by atoms with Gasteiger partial charge in [0.25, 0.3) is 10.0 Å². The molecule has 3 aromatic rings. The normalized spacial score (nSPS) is 11.8. The van der Waals surface area contributed by atoms with E-state index in [1.54, 1.807) is 55.5 Å². The highest BCUT2D eigenvalue weighted by Gasteiger charge is 2.16. The van der Waals surface area contributed by atoms with Crippen molar-refractivity contribution in [1.82, 2.24) is 15.2 Å². The first kappa shape index (κ1) is 26.6. The molecule has 0 saturated heterocycles. The highest BCUT2D eigenvalue weighted by Crippen LogP contribution is 2.24. The first-order valence-corrected chi connectivity index (χ1v) is 13.1. The van der Waals surface area contributed by atoms with Gasteiger partial charge in [-0.2, -0.15) is 18.4 Å². The molecule has 36 heavy (non-hydrogen) atoms. The molecule has 0 unspecified atom stereocenters. The van der Waals surface area contributed by atoms with Crippen molar-refractivity contribution < 1.29 is 18.0 Å². The molecule has 2 amide bonds. The van der Waals surface area contributed by atoms with Gasteiger partial charge >= 0.3 is 0 Å². The second kappa shape index (κ2) is 11.6. The zero-order valence-electron chi connectivity index (χ0n) is 20.1. The Kier molecular flexibility index (Phi) is 8.56. The smallest absolute Gasteiger partial charge is 0.276 e. The monoisotopic (exact) mass is 526 g/mol. The van der Waals surface area contributed by atoms with Crippen LogP contribution in [0.25, 0.3) is 6.08 Å². The van der Waals surface area contributed by atoms with E-state index < -0.39 is 10.0 Å². The molecular formula is C24H26N6O4S2. The van der Waals surface area contributed by atoms with E-state index in [4.69, 9.17) is 0 Å². The summed E-state index contributed by atoms with van der Waals surface area (Å²) in [4.78, 5) is 29.8. The molecule has 0 aliphatic rings. The van der Waals surface area contributed by atoms with Crippen LogP contribution in [0.4, 0.5) is 10.8 Å². The Balaban J connectivity index is 1.93. The van der Waals surface area contributed by atoms with Crippen molar-refractivity contribution in [2.45, 2.75) is 32.6 Å². The fourth-order valence-electron chi connectivity index (χ4n) is 2.93. The number of benzene rings is 2. The lowest BCUT2D eigenvalue weighted by Crippen LogP contribution is -2.26. The Labute approximate surface area is 213 Å². The molecule has 10 nitrogen and oxygen atoms in total. The van der Waals surface area contributed by atoms with Gasteiger partial charge in [-0.25, -0.2) is 4.98 Å². The van der Waals surface area contributed by atoms with Crippen molar-refractivity contribution in [2.75, 3.05) is 10.7 Å². The number of hydrazone groups is 1. The summed E-state index contributed by atoms with van der Waals surface area (Å²) in [6, 6.07) is 13.5. The number of hydrogen-bond acceptors (Lipinski definition) is 8. The van der Waals surface area contributed by atoms with Crippen LogP contribution >= 0.6 is 11.3 Å². The molecule has 0 bridgehead atoms. The quantitative estimate of drug-likeness (QED) is 0.248. The minimum absolute atomic E-state index is 0.0859. The summed E-state index contributed by atoms with van der Waals surface area (Å²) < 4.78 is 25.6. The lowest BCUT2D eigenvalue weighted by Gasteiger charge is -2.06. The highest BCUT2D eigenvalue weighted by atomic mass is 32.2. The number of rotatable bonds is 9. The zero-order valence-corrected chi connectivity index (χ0v) is 21.8. The van der Waals surface area contributed by atoms with Crippen LogP contribution in [-0.4, -0.2) is 30.9 Å². The predicted molar refractivity (Wildman–Crippen MR) is 142 cm³/mol. The zero-order chi connectivity index (χ0) is 26.3. The maximum Gasteiger partial charge on any atom is 0.276 e. The maximum absolute atomic E-state index is 12.8. The van der Waals surface area contributed by atoms with Crippen molar-refractivity contribution in [3.05, 3.63) is 76.3 Å². The third-order valence-corrected chi connectivity index (χ3v) is 6.98. The van der Waals surface area contributed by atoms with E-state index in [0.717, 1.165) is 11.1 Å². The largest absolute Gasteiger partial charge is 0.326 e. The number of nitrogens with zero attached hydrogens (tertiary/aromatic N) is 2. The van der Waals surface area contributed by atoms with Crippen molar-refractivity contribution in [3.63, 3.8) is 0 Å². The molecule has 0 radical (unpaired) electrons. The summed E-state index contributed by atoms with van der Waals surface area (Å²) >= 11 is 1.20. The highest BCUT2D eigenvalue weighted by molar-refractivity contribution is 7.89. The molecule has 188 valence electrons. The van der Waals surface area contributed by atoms with E-state index in [-0.39, 0.29) is 16.7 Å². The standard InChI is InChI=1S/C24H26N6O4S2/c1-15-5-12-21(13-6-15)36(33,34)30-28-22(23-16(2)25-24(35-23)29-27-18(4)32)14-9-19-7-10-20(11-8-19)26-17(3)31/h5-14,30H,1-4H3,(H,25,29)(H,26,31)(H,27,32)/b14-9+,28-22+. The van der Waals surface area contributed by atoms with Crippen LogP contribution in [-0.2, 0) is 19.6 Å². The first-order chi connectivity index (χ1) is 17.0. The summed E-state index contributed by atoms with van der Waals surface area (Å²) in [5.74, 6) is -0.454. The third kappa shape index (κ3) is 7.48. The van der Waals surface area contributed by atoms with Crippen molar-refractivity contribution in [1.29, 1.82) is 0 Å². The van der Waals surface area contributed by atoms with Crippen molar-refractivity contribution in [3.8, 4) is 0 Å². The molecule has 4 N–H and O–H groups in total. The molecule has 0 atom stereocenters. The summed E-state index contributed by atoms with van der Waals surface area (Å²) in [7, 11) is -3.91. The average Bonchev–Trinajstić information content (AvgIpc) is 3.19. The van der Waals surface area contributed by atoms with Crippen LogP contribution in [0.1, 0.15) is 35.5 Å². The van der Waals surface area contributed by atoms with Crippen LogP contribution < -0.4 is 21.0 Å². The van der Waals surface area contributed by atoms with Crippen LogP contribution in [0, 0.1) is 13.8 Å². The number of allylic oxidation sites excluding steroid dienone is 1. The van der Waals surface area contributed by atoms with Crippen molar-refractivity contribution in [2.24, 2.45) is 5.10 Å². The van der Waals surface area contributed by atoms with Gasteiger partial charge in [0.15, 0.2) is 0 Å². The Hall–Kier alpha value is -4.03. The molecule has 12 heteroatoms. The summed E-state index contributed by atoms with van der Waals surface area (Å²) in [6.07, 6.45) is 3.42. The number of thiazole rings is 1. The van der Waals surface area contributed by atoms with E-state index in [1.807, 2.05) is 6.92 Å². The fourth-order valence-corrected chi connectivity index (χ4v) is 4.64. The summed E-state index contributed by atoms with van der Waals surface area (Å²) in [5.41, 5.74) is 8.48. The third-order valence-electron chi connectivity index (χ3n) is 4.66.